The molecule has 1 fully saturated rings. The molecule has 0 saturated carbocycles. The Labute approximate surface area is 153 Å². The third kappa shape index (κ3) is 3.27. The number of hydrogen-bond acceptors (Lipinski definition) is 4. The number of nitrogens with zero attached hydrogens (tertiary/aromatic N) is 4. The highest BCUT2D eigenvalue weighted by Crippen LogP contribution is 2.24. The Morgan fingerprint density at radius 2 is 1.73 bits per heavy atom. The minimum absolute atomic E-state index is 0.0638. The molecule has 3 heterocycles. The van der Waals surface area contributed by atoms with E-state index in [-0.39, 0.29) is 5.91 Å². The number of fused-ring (bicyclic) bond motifs is 1. The predicted octanol–water partition coefficient (Wildman–Crippen LogP) is 1.56. The van der Waals surface area contributed by atoms with E-state index < -0.39 is 0 Å². The van der Waals surface area contributed by atoms with Gasteiger partial charge in [0, 0.05) is 39.3 Å². The highest BCUT2D eigenvalue weighted by Gasteiger charge is 2.23. The summed E-state index contributed by atoms with van der Waals surface area (Å²) in [7, 11) is 0. The summed E-state index contributed by atoms with van der Waals surface area (Å²) in [5, 5.41) is 0. The second-order valence-corrected chi connectivity index (χ2v) is 6.78. The van der Waals surface area contributed by atoms with Crippen LogP contribution in [0.4, 0.5) is 5.69 Å². The number of rotatable bonds is 3. The molecule has 0 atom stereocenters. The molecule has 0 aliphatic carbocycles. The van der Waals surface area contributed by atoms with Crippen LogP contribution < -0.4 is 4.90 Å². The van der Waals surface area contributed by atoms with Crippen molar-refractivity contribution in [1.82, 2.24) is 14.8 Å². The van der Waals surface area contributed by atoms with Gasteiger partial charge in [-0.2, -0.15) is 0 Å². The van der Waals surface area contributed by atoms with Crippen molar-refractivity contribution in [3.8, 4) is 0 Å². The SMILES string of the molecule is O=CN1CCN(C(=O)c2ccc(N3CCc4ccccc4C3)cn2)CC1. The van der Waals surface area contributed by atoms with Crippen LogP contribution in [0.3, 0.4) is 0 Å². The van der Waals surface area contributed by atoms with Gasteiger partial charge in [0.25, 0.3) is 5.91 Å². The molecule has 0 unspecified atom stereocenters. The van der Waals surface area contributed by atoms with Crippen molar-refractivity contribution < 1.29 is 9.59 Å². The molecular formula is C20H22N4O2. The standard InChI is InChI=1S/C20H22N4O2/c25-15-22-9-11-23(12-10-22)20(26)19-6-5-18(13-21-19)24-8-7-16-3-1-2-4-17(16)14-24/h1-6,13,15H,7-12,14H2. The van der Waals surface area contributed by atoms with Gasteiger partial charge in [-0.1, -0.05) is 24.3 Å². The second kappa shape index (κ2) is 7.15. The molecular weight excluding hydrogens is 328 g/mol. The van der Waals surface area contributed by atoms with E-state index in [4.69, 9.17) is 0 Å². The maximum atomic E-state index is 12.6. The smallest absolute Gasteiger partial charge is 0.272 e. The van der Waals surface area contributed by atoms with Crippen LogP contribution in [-0.2, 0) is 17.8 Å². The molecule has 4 rings (SSSR count). The van der Waals surface area contributed by atoms with Crippen LogP contribution in [0.1, 0.15) is 21.6 Å². The van der Waals surface area contributed by atoms with Gasteiger partial charge < -0.3 is 14.7 Å². The fraction of sp³-hybridized carbons (Fsp3) is 0.350. The zero-order valence-electron chi connectivity index (χ0n) is 14.7. The number of piperazine rings is 1. The van der Waals surface area contributed by atoms with Crippen LogP contribution in [0.2, 0.25) is 0 Å². The van der Waals surface area contributed by atoms with Gasteiger partial charge in [0.15, 0.2) is 0 Å². The first-order valence-electron chi connectivity index (χ1n) is 9.01. The van der Waals surface area contributed by atoms with E-state index in [0.717, 1.165) is 31.6 Å². The Kier molecular flexibility index (Phi) is 4.56. The molecule has 1 aromatic carbocycles. The largest absolute Gasteiger partial charge is 0.366 e. The highest BCUT2D eigenvalue weighted by molar-refractivity contribution is 5.92. The summed E-state index contributed by atoms with van der Waals surface area (Å²) < 4.78 is 0. The van der Waals surface area contributed by atoms with E-state index in [1.165, 1.54) is 11.1 Å². The molecule has 6 nitrogen and oxygen atoms in total. The molecule has 134 valence electrons. The summed E-state index contributed by atoms with van der Waals surface area (Å²) in [5.74, 6) is -0.0638. The van der Waals surface area contributed by atoms with Crippen molar-refractivity contribution in [3.63, 3.8) is 0 Å². The average Bonchev–Trinajstić information content (AvgIpc) is 2.73. The van der Waals surface area contributed by atoms with Crippen LogP contribution >= 0.6 is 0 Å². The highest BCUT2D eigenvalue weighted by atomic mass is 16.2. The van der Waals surface area contributed by atoms with Crippen molar-refractivity contribution in [2.24, 2.45) is 0 Å². The summed E-state index contributed by atoms with van der Waals surface area (Å²) in [6, 6.07) is 12.3. The number of aromatic nitrogens is 1. The molecule has 0 bridgehead atoms. The molecule has 2 aromatic rings. The molecule has 0 radical (unpaired) electrons. The molecule has 2 aliphatic rings. The van der Waals surface area contributed by atoms with E-state index in [0.29, 0.717) is 31.9 Å². The first kappa shape index (κ1) is 16.6. The van der Waals surface area contributed by atoms with Crippen LogP contribution in [0.5, 0.6) is 0 Å². The minimum atomic E-state index is -0.0638. The normalized spacial score (nSPS) is 17.0. The van der Waals surface area contributed by atoms with Gasteiger partial charge in [-0.25, -0.2) is 4.98 Å². The zero-order valence-corrected chi connectivity index (χ0v) is 14.7. The number of hydrogen-bond donors (Lipinski definition) is 0. The van der Waals surface area contributed by atoms with E-state index in [1.54, 1.807) is 16.0 Å². The Morgan fingerprint density at radius 1 is 0.962 bits per heavy atom. The Morgan fingerprint density at radius 3 is 2.42 bits per heavy atom. The maximum absolute atomic E-state index is 12.6. The van der Waals surface area contributed by atoms with Crippen LogP contribution in [0.25, 0.3) is 0 Å². The Bertz CT molecular complexity index is 798. The third-order valence-corrected chi connectivity index (χ3v) is 5.21. The molecule has 0 spiro atoms. The molecule has 2 amide bonds. The van der Waals surface area contributed by atoms with E-state index in [2.05, 4.69) is 34.1 Å². The molecule has 0 N–H and O–H groups in total. The molecule has 1 saturated heterocycles. The molecule has 1 aromatic heterocycles. The van der Waals surface area contributed by atoms with E-state index in [1.807, 2.05) is 12.1 Å². The van der Waals surface area contributed by atoms with Crippen molar-refractivity contribution in [1.29, 1.82) is 0 Å². The summed E-state index contributed by atoms with van der Waals surface area (Å²) in [6.07, 6.45) is 3.66. The fourth-order valence-electron chi connectivity index (χ4n) is 3.61. The first-order valence-corrected chi connectivity index (χ1v) is 9.01. The van der Waals surface area contributed by atoms with Crippen molar-refractivity contribution in [2.75, 3.05) is 37.6 Å². The monoisotopic (exact) mass is 350 g/mol. The lowest BCUT2D eigenvalue weighted by Gasteiger charge is -2.32. The van der Waals surface area contributed by atoms with Crippen molar-refractivity contribution in [2.45, 2.75) is 13.0 Å². The number of carbonyl (C=O) groups is 2. The van der Waals surface area contributed by atoms with E-state index in [9.17, 15) is 9.59 Å². The lowest BCUT2D eigenvalue weighted by atomic mass is 10.00. The maximum Gasteiger partial charge on any atom is 0.272 e. The molecule has 2 aliphatic heterocycles. The van der Waals surface area contributed by atoms with E-state index >= 15 is 0 Å². The van der Waals surface area contributed by atoms with Crippen LogP contribution in [0.15, 0.2) is 42.6 Å². The Balaban J connectivity index is 1.43. The summed E-state index contributed by atoms with van der Waals surface area (Å²) in [5.41, 5.74) is 4.28. The number of amides is 2. The van der Waals surface area contributed by atoms with Crippen molar-refractivity contribution >= 4 is 18.0 Å². The minimum Gasteiger partial charge on any atom is -0.366 e. The number of anilines is 1. The van der Waals surface area contributed by atoms with Gasteiger partial charge in [-0.05, 0) is 29.7 Å². The predicted molar refractivity (Wildman–Crippen MR) is 99.0 cm³/mol. The Hall–Kier alpha value is -2.89. The van der Waals surface area contributed by atoms with Gasteiger partial charge in [-0.3, -0.25) is 9.59 Å². The van der Waals surface area contributed by atoms with Gasteiger partial charge >= 0.3 is 0 Å². The van der Waals surface area contributed by atoms with Crippen LogP contribution in [0, 0.1) is 0 Å². The third-order valence-electron chi connectivity index (χ3n) is 5.21. The van der Waals surface area contributed by atoms with Crippen LogP contribution in [-0.4, -0.2) is 59.8 Å². The lowest BCUT2D eigenvalue weighted by Crippen LogP contribution is -2.48. The number of pyridine rings is 1. The summed E-state index contributed by atoms with van der Waals surface area (Å²) in [6.45, 7) is 4.12. The average molecular weight is 350 g/mol. The molecule has 26 heavy (non-hydrogen) atoms. The van der Waals surface area contributed by atoms with Gasteiger partial charge in [0.05, 0.1) is 11.9 Å². The fourth-order valence-corrected chi connectivity index (χ4v) is 3.61. The zero-order chi connectivity index (χ0) is 17.9. The van der Waals surface area contributed by atoms with Crippen molar-refractivity contribution in [3.05, 3.63) is 59.4 Å². The number of benzene rings is 1. The second-order valence-electron chi connectivity index (χ2n) is 6.78. The van der Waals surface area contributed by atoms with Gasteiger partial charge in [0.2, 0.25) is 6.41 Å². The summed E-state index contributed by atoms with van der Waals surface area (Å²) >= 11 is 0. The topological polar surface area (TPSA) is 56.8 Å². The van der Waals surface area contributed by atoms with Gasteiger partial charge in [0.1, 0.15) is 5.69 Å². The lowest BCUT2D eigenvalue weighted by molar-refractivity contribution is -0.119. The quantitative estimate of drug-likeness (QED) is 0.789. The number of carbonyl (C=O) groups excluding carboxylic acids is 2. The summed E-state index contributed by atoms with van der Waals surface area (Å²) in [4.78, 5) is 33.5. The first-order chi connectivity index (χ1) is 12.7. The molecule has 6 heteroatoms. The van der Waals surface area contributed by atoms with Gasteiger partial charge in [-0.15, -0.1) is 0 Å².